The molecule has 180 valence electrons. The van der Waals surface area contributed by atoms with Gasteiger partial charge in [-0.2, -0.15) is 0 Å². The van der Waals surface area contributed by atoms with E-state index in [-0.39, 0.29) is 23.5 Å². The van der Waals surface area contributed by atoms with Crippen molar-refractivity contribution in [1.82, 2.24) is 9.80 Å². The van der Waals surface area contributed by atoms with E-state index in [9.17, 15) is 9.59 Å². The minimum Gasteiger partial charge on any atom is -0.363 e. The highest BCUT2D eigenvalue weighted by Crippen LogP contribution is 2.43. The average molecular weight is 461 g/mol. The van der Waals surface area contributed by atoms with Gasteiger partial charge in [0, 0.05) is 26.2 Å². The van der Waals surface area contributed by atoms with Crippen molar-refractivity contribution in [2.24, 2.45) is 0 Å². The monoisotopic (exact) mass is 460 g/mol. The fraction of sp³-hybridized carbons (Fsp3) is 0.517. The molecule has 1 saturated carbocycles. The molecular weight excluding hydrogens is 424 g/mol. The second-order valence-corrected chi connectivity index (χ2v) is 10.3. The van der Waals surface area contributed by atoms with Crippen molar-refractivity contribution in [2.45, 2.75) is 62.4 Å². The molecule has 2 amide bonds. The zero-order valence-corrected chi connectivity index (χ0v) is 20.1. The molecule has 5 heteroatoms. The molecule has 0 N–H and O–H groups in total. The number of carbonyl (C=O) groups excluding carboxylic acids is 2. The van der Waals surface area contributed by atoms with Crippen molar-refractivity contribution in [3.63, 3.8) is 0 Å². The quantitative estimate of drug-likeness (QED) is 0.667. The first-order valence-corrected chi connectivity index (χ1v) is 12.9. The molecule has 2 heterocycles. The third-order valence-electron chi connectivity index (χ3n) is 8.22. The Morgan fingerprint density at radius 3 is 2.29 bits per heavy atom. The van der Waals surface area contributed by atoms with Crippen LogP contribution in [0.2, 0.25) is 0 Å². The second-order valence-electron chi connectivity index (χ2n) is 10.3. The lowest BCUT2D eigenvalue weighted by Crippen LogP contribution is -2.55. The van der Waals surface area contributed by atoms with Gasteiger partial charge in [0.1, 0.15) is 6.61 Å². The van der Waals surface area contributed by atoms with Gasteiger partial charge in [-0.25, -0.2) is 0 Å². The number of morpholine rings is 1. The van der Waals surface area contributed by atoms with E-state index in [2.05, 4.69) is 41.3 Å². The van der Waals surface area contributed by atoms with Gasteiger partial charge in [-0.15, -0.1) is 0 Å². The minimum atomic E-state index is -0.371. The summed E-state index contributed by atoms with van der Waals surface area (Å²) in [4.78, 5) is 30.6. The van der Waals surface area contributed by atoms with Gasteiger partial charge in [-0.3, -0.25) is 9.59 Å². The van der Waals surface area contributed by atoms with Crippen LogP contribution in [0.3, 0.4) is 0 Å². The van der Waals surface area contributed by atoms with Crippen LogP contribution in [0, 0.1) is 0 Å². The summed E-state index contributed by atoms with van der Waals surface area (Å²) in [5.74, 6) is 0.369. The largest absolute Gasteiger partial charge is 0.363 e. The van der Waals surface area contributed by atoms with E-state index >= 15 is 0 Å². The van der Waals surface area contributed by atoms with Crippen LogP contribution in [-0.2, 0) is 26.2 Å². The van der Waals surface area contributed by atoms with Gasteiger partial charge >= 0.3 is 0 Å². The molecule has 0 radical (unpaired) electrons. The molecule has 1 aliphatic carbocycles. The molecule has 5 rings (SSSR count). The first-order valence-electron chi connectivity index (χ1n) is 12.9. The highest BCUT2D eigenvalue weighted by molar-refractivity contribution is 5.88. The third-order valence-corrected chi connectivity index (χ3v) is 8.22. The predicted molar refractivity (Wildman–Crippen MR) is 132 cm³/mol. The Morgan fingerprint density at radius 2 is 1.56 bits per heavy atom. The summed E-state index contributed by atoms with van der Waals surface area (Å²) in [6, 6.07) is 20.7. The Labute approximate surface area is 203 Å². The van der Waals surface area contributed by atoms with E-state index in [0.29, 0.717) is 25.5 Å². The van der Waals surface area contributed by atoms with Gasteiger partial charge in [-0.05, 0) is 49.7 Å². The van der Waals surface area contributed by atoms with Crippen LogP contribution in [0.4, 0.5) is 0 Å². The maximum Gasteiger partial charge on any atom is 0.248 e. The number of ether oxygens (including phenoxy) is 1. The Balaban J connectivity index is 1.26. The number of nitrogens with zero attached hydrogens (tertiary/aromatic N) is 2. The lowest BCUT2D eigenvalue weighted by Gasteiger charge is -2.42. The highest BCUT2D eigenvalue weighted by Gasteiger charge is 2.47. The second kappa shape index (κ2) is 9.91. The van der Waals surface area contributed by atoms with E-state index in [1.807, 2.05) is 29.2 Å². The van der Waals surface area contributed by atoms with E-state index in [0.717, 1.165) is 57.9 Å². The predicted octanol–water partition coefficient (Wildman–Crippen LogP) is 4.35. The Bertz CT molecular complexity index is 987. The maximum atomic E-state index is 13.9. The molecule has 0 unspecified atom stereocenters. The van der Waals surface area contributed by atoms with Crippen LogP contribution in [0.1, 0.15) is 56.1 Å². The molecule has 3 fully saturated rings. The third kappa shape index (κ3) is 4.63. The molecule has 0 bridgehead atoms. The van der Waals surface area contributed by atoms with Gasteiger partial charge in [0.15, 0.2) is 0 Å². The molecule has 1 atom stereocenters. The van der Waals surface area contributed by atoms with Crippen LogP contribution in [-0.4, -0.2) is 60.0 Å². The van der Waals surface area contributed by atoms with Crippen LogP contribution in [0.25, 0.3) is 0 Å². The van der Waals surface area contributed by atoms with Gasteiger partial charge in [0.05, 0.1) is 11.0 Å². The summed E-state index contributed by atoms with van der Waals surface area (Å²) >= 11 is 0. The van der Waals surface area contributed by atoms with Crippen molar-refractivity contribution >= 4 is 11.8 Å². The smallest absolute Gasteiger partial charge is 0.248 e. The van der Waals surface area contributed by atoms with Crippen LogP contribution in [0.15, 0.2) is 60.7 Å². The molecule has 0 aromatic heterocycles. The summed E-state index contributed by atoms with van der Waals surface area (Å²) in [5.41, 5.74) is 1.71. The zero-order valence-electron chi connectivity index (χ0n) is 20.1. The summed E-state index contributed by atoms with van der Waals surface area (Å²) in [7, 11) is 0. The van der Waals surface area contributed by atoms with Crippen molar-refractivity contribution < 1.29 is 14.3 Å². The number of hydrogen-bond donors (Lipinski definition) is 0. The number of amides is 2. The first-order chi connectivity index (χ1) is 16.6. The van der Waals surface area contributed by atoms with Gasteiger partial charge in [0.25, 0.3) is 0 Å². The summed E-state index contributed by atoms with van der Waals surface area (Å²) in [5, 5.41) is 0. The number of likely N-dealkylation sites (tertiary alicyclic amines) is 1. The Morgan fingerprint density at radius 1 is 0.853 bits per heavy atom. The van der Waals surface area contributed by atoms with Crippen LogP contribution in [0.5, 0.6) is 0 Å². The summed E-state index contributed by atoms with van der Waals surface area (Å²) in [6.45, 7) is 2.97. The maximum absolute atomic E-state index is 13.9. The SMILES string of the molecule is O=C1CO[C@]2(CCCN(C(=O)C3(c4ccccc4)CCCC3)CC2)CN1CCc1ccccc1. The van der Waals surface area contributed by atoms with Crippen LogP contribution >= 0.6 is 0 Å². The summed E-state index contributed by atoms with van der Waals surface area (Å²) < 4.78 is 6.22. The lowest BCUT2D eigenvalue weighted by atomic mass is 9.77. The van der Waals surface area contributed by atoms with Gasteiger partial charge in [0.2, 0.25) is 11.8 Å². The highest BCUT2D eigenvalue weighted by atomic mass is 16.5. The summed E-state index contributed by atoms with van der Waals surface area (Å²) in [6.07, 6.45) is 7.55. The molecule has 34 heavy (non-hydrogen) atoms. The van der Waals surface area contributed by atoms with E-state index in [4.69, 9.17) is 4.74 Å². The van der Waals surface area contributed by atoms with Crippen molar-refractivity contribution in [2.75, 3.05) is 32.8 Å². The Hall–Kier alpha value is -2.66. The molecule has 2 aromatic carbocycles. The van der Waals surface area contributed by atoms with Crippen molar-refractivity contribution in [1.29, 1.82) is 0 Å². The van der Waals surface area contributed by atoms with Crippen molar-refractivity contribution in [3.05, 3.63) is 71.8 Å². The minimum absolute atomic E-state index is 0.0766. The number of rotatable bonds is 5. The normalized spacial score (nSPS) is 24.9. The standard InChI is InChI=1S/C29H36N2O3/c32-26-22-34-28(23-31(26)20-14-24-10-3-1-4-11-24)15-9-19-30(21-18-28)27(33)29(16-7-8-17-29)25-12-5-2-6-13-25/h1-6,10-13H,7-9,14-23H2/t28-/m0/s1. The Kier molecular flexibility index (Phi) is 6.73. The molecule has 5 nitrogen and oxygen atoms in total. The van der Waals surface area contributed by atoms with Gasteiger partial charge in [-0.1, -0.05) is 73.5 Å². The molecule has 1 spiro atoms. The number of benzene rings is 2. The van der Waals surface area contributed by atoms with E-state index in [1.165, 1.54) is 11.1 Å². The number of hydrogen-bond acceptors (Lipinski definition) is 3. The fourth-order valence-corrected chi connectivity index (χ4v) is 6.24. The van der Waals surface area contributed by atoms with Crippen LogP contribution < -0.4 is 0 Å². The molecule has 2 aromatic rings. The van der Waals surface area contributed by atoms with E-state index < -0.39 is 0 Å². The zero-order chi connectivity index (χ0) is 23.4. The molecular formula is C29H36N2O3. The molecule has 3 aliphatic rings. The van der Waals surface area contributed by atoms with E-state index in [1.54, 1.807) is 0 Å². The average Bonchev–Trinajstić information content (AvgIpc) is 3.30. The van der Waals surface area contributed by atoms with Gasteiger partial charge < -0.3 is 14.5 Å². The first kappa shape index (κ1) is 23.1. The fourth-order valence-electron chi connectivity index (χ4n) is 6.24. The lowest BCUT2D eigenvalue weighted by molar-refractivity contribution is -0.166. The topological polar surface area (TPSA) is 49.9 Å². The molecule has 2 saturated heterocycles. The van der Waals surface area contributed by atoms with Crippen molar-refractivity contribution in [3.8, 4) is 0 Å². The molecule has 2 aliphatic heterocycles. The number of carbonyl (C=O) groups is 2.